The van der Waals surface area contributed by atoms with Gasteiger partial charge in [0, 0.05) is 29.8 Å². The summed E-state index contributed by atoms with van der Waals surface area (Å²) in [5.74, 6) is -0.834. The molecule has 2 heterocycles. The van der Waals surface area contributed by atoms with Crippen LogP contribution in [0, 0.1) is 34.1 Å². The number of nitro benzene ring substituents is 2. The molecule has 0 radical (unpaired) electrons. The topological polar surface area (TPSA) is 154 Å². The molecule has 3 aromatic rings. The summed E-state index contributed by atoms with van der Waals surface area (Å²) in [6.07, 6.45) is 1.33. The molecule has 0 unspecified atom stereocenters. The van der Waals surface area contributed by atoms with Gasteiger partial charge >= 0.3 is 0 Å². The average Bonchev–Trinajstić information content (AvgIpc) is 3.40. The maximum Gasteiger partial charge on any atom is 0.293 e. The second-order valence-electron chi connectivity index (χ2n) is 7.91. The van der Waals surface area contributed by atoms with E-state index in [1.54, 1.807) is 13.0 Å². The fourth-order valence-electron chi connectivity index (χ4n) is 3.49. The fourth-order valence-corrected chi connectivity index (χ4v) is 4.31. The van der Waals surface area contributed by atoms with Gasteiger partial charge in [-0.3, -0.25) is 39.5 Å². The smallest absolute Gasteiger partial charge is 0.293 e. The highest BCUT2D eigenvalue weighted by molar-refractivity contribution is 8.18. The normalized spacial score (nSPS) is 14.5. The standard InChI is InChI=1S/C24H17N3O8S/c1-13-9-18(19(27(33)34)10-14(13)2)21-8-7-17(35-21)11-22-23(29)25(24(30)36-22)12-20(28)15-3-5-16(6-4-15)26(31)32/h3-11H,12H2,1-2H3/b22-11-. The molecule has 2 amide bonds. The number of nitrogens with zero attached hydrogens (tertiary/aromatic N) is 3. The quantitative estimate of drug-likeness (QED) is 0.179. The molecule has 36 heavy (non-hydrogen) atoms. The zero-order valence-corrected chi connectivity index (χ0v) is 19.7. The third-order valence-corrected chi connectivity index (χ3v) is 6.46. The number of rotatable bonds is 7. The second-order valence-corrected chi connectivity index (χ2v) is 8.90. The Morgan fingerprint density at radius 3 is 2.31 bits per heavy atom. The molecule has 2 aromatic carbocycles. The summed E-state index contributed by atoms with van der Waals surface area (Å²) in [6, 6.07) is 11.0. The molecule has 11 nitrogen and oxygen atoms in total. The van der Waals surface area contributed by atoms with E-state index in [-0.39, 0.29) is 38.9 Å². The number of Topliss-reactive ketones (excluding diaryl/α,β-unsaturated/α-hetero) is 1. The summed E-state index contributed by atoms with van der Waals surface area (Å²) >= 11 is 0.626. The van der Waals surface area contributed by atoms with Gasteiger partial charge in [0.25, 0.3) is 22.5 Å². The van der Waals surface area contributed by atoms with Gasteiger partial charge in [0.1, 0.15) is 11.5 Å². The third kappa shape index (κ3) is 4.79. The molecule has 182 valence electrons. The molecule has 12 heteroatoms. The Kier molecular flexibility index (Phi) is 6.53. The zero-order valence-electron chi connectivity index (χ0n) is 18.9. The number of hydrogen-bond acceptors (Lipinski definition) is 9. The number of non-ortho nitro benzene ring substituents is 1. The highest BCUT2D eigenvalue weighted by Gasteiger charge is 2.36. The van der Waals surface area contributed by atoms with Crippen molar-refractivity contribution >= 4 is 46.1 Å². The van der Waals surface area contributed by atoms with Crippen LogP contribution in [0.5, 0.6) is 0 Å². The molecule has 1 aromatic heterocycles. The number of nitro groups is 2. The van der Waals surface area contributed by atoms with E-state index in [1.165, 1.54) is 36.4 Å². The van der Waals surface area contributed by atoms with Crippen LogP contribution in [0.4, 0.5) is 16.2 Å². The molecule has 4 rings (SSSR count). The van der Waals surface area contributed by atoms with Crippen LogP contribution < -0.4 is 0 Å². The Labute approximate surface area is 207 Å². The lowest BCUT2D eigenvalue weighted by Gasteiger charge is -2.11. The van der Waals surface area contributed by atoms with E-state index in [0.717, 1.165) is 28.2 Å². The summed E-state index contributed by atoms with van der Waals surface area (Å²) in [5.41, 5.74) is 1.69. The minimum atomic E-state index is -0.699. The number of aryl methyl sites for hydroxylation is 2. The molecule has 0 atom stereocenters. The number of ketones is 1. The van der Waals surface area contributed by atoms with Gasteiger partial charge in [0.2, 0.25) is 0 Å². The highest BCUT2D eigenvalue weighted by Crippen LogP contribution is 2.36. The minimum absolute atomic E-state index is 0.0204. The molecule has 0 aliphatic carbocycles. The summed E-state index contributed by atoms with van der Waals surface area (Å²) < 4.78 is 5.72. The highest BCUT2D eigenvalue weighted by atomic mass is 32.2. The first kappa shape index (κ1) is 24.5. The fraction of sp³-hybridized carbons (Fsp3) is 0.125. The predicted octanol–water partition coefficient (Wildman–Crippen LogP) is 5.30. The van der Waals surface area contributed by atoms with Crippen molar-refractivity contribution in [3.63, 3.8) is 0 Å². The van der Waals surface area contributed by atoms with Crippen LogP contribution >= 0.6 is 11.8 Å². The SMILES string of the molecule is Cc1cc(-c2ccc(/C=C3\SC(=O)N(CC(=O)c4ccc([N+](=O)[O-])cc4)C3=O)o2)c([N+](=O)[O-])cc1C. The molecule has 0 bridgehead atoms. The predicted molar refractivity (Wildman–Crippen MR) is 130 cm³/mol. The van der Waals surface area contributed by atoms with Gasteiger partial charge in [0.15, 0.2) is 5.78 Å². The van der Waals surface area contributed by atoms with E-state index in [1.807, 2.05) is 6.92 Å². The van der Waals surface area contributed by atoms with Crippen molar-refractivity contribution in [2.75, 3.05) is 6.54 Å². The van der Waals surface area contributed by atoms with Crippen LogP contribution in [0.3, 0.4) is 0 Å². The Morgan fingerprint density at radius 2 is 1.67 bits per heavy atom. The Bertz CT molecular complexity index is 1470. The number of thioether (sulfide) groups is 1. The molecule has 0 spiro atoms. The number of hydrogen-bond donors (Lipinski definition) is 0. The van der Waals surface area contributed by atoms with Crippen LogP contribution in [0.2, 0.25) is 0 Å². The first-order chi connectivity index (χ1) is 17.0. The van der Waals surface area contributed by atoms with Gasteiger partial charge in [-0.15, -0.1) is 0 Å². The van der Waals surface area contributed by atoms with Crippen molar-refractivity contribution in [1.29, 1.82) is 0 Å². The van der Waals surface area contributed by atoms with Crippen LogP contribution in [-0.2, 0) is 4.79 Å². The lowest BCUT2D eigenvalue weighted by molar-refractivity contribution is -0.384. The van der Waals surface area contributed by atoms with Gasteiger partial charge < -0.3 is 4.42 Å². The van der Waals surface area contributed by atoms with E-state index in [4.69, 9.17) is 4.42 Å². The minimum Gasteiger partial charge on any atom is -0.456 e. The summed E-state index contributed by atoms with van der Waals surface area (Å²) in [4.78, 5) is 59.6. The lowest BCUT2D eigenvalue weighted by atomic mass is 10.0. The molecular formula is C24H17N3O8S. The van der Waals surface area contributed by atoms with Gasteiger partial charge in [-0.25, -0.2) is 0 Å². The van der Waals surface area contributed by atoms with E-state index in [2.05, 4.69) is 0 Å². The maximum absolute atomic E-state index is 12.8. The van der Waals surface area contributed by atoms with Crippen LogP contribution in [0.1, 0.15) is 27.2 Å². The summed E-state index contributed by atoms with van der Waals surface area (Å²) in [7, 11) is 0. The van der Waals surface area contributed by atoms with Gasteiger partial charge in [-0.1, -0.05) is 0 Å². The molecular weight excluding hydrogens is 490 g/mol. The largest absolute Gasteiger partial charge is 0.456 e. The van der Waals surface area contributed by atoms with E-state index < -0.39 is 33.3 Å². The molecule has 1 fully saturated rings. The number of amides is 2. The van der Waals surface area contributed by atoms with E-state index in [0.29, 0.717) is 11.8 Å². The second kappa shape index (κ2) is 9.58. The van der Waals surface area contributed by atoms with Crippen molar-refractivity contribution in [3.05, 3.63) is 96.1 Å². The molecule has 1 aliphatic rings. The van der Waals surface area contributed by atoms with Crippen molar-refractivity contribution in [2.45, 2.75) is 13.8 Å². The monoisotopic (exact) mass is 507 g/mol. The number of benzene rings is 2. The lowest BCUT2D eigenvalue weighted by Crippen LogP contribution is -2.33. The number of imide groups is 1. The first-order valence-corrected chi connectivity index (χ1v) is 11.3. The van der Waals surface area contributed by atoms with E-state index >= 15 is 0 Å². The summed E-state index contributed by atoms with van der Waals surface area (Å²) in [6.45, 7) is 3.06. The molecule has 1 aliphatic heterocycles. The Balaban J connectivity index is 1.54. The third-order valence-electron chi connectivity index (χ3n) is 5.55. The van der Waals surface area contributed by atoms with E-state index in [9.17, 15) is 34.6 Å². The van der Waals surface area contributed by atoms with Crippen LogP contribution in [-0.4, -0.2) is 38.2 Å². The number of carbonyl (C=O) groups is 3. The molecule has 1 saturated heterocycles. The first-order valence-electron chi connectivity index (χ1n) is 10.4. The maximum atomic E-state index is 12.8. The van der Waals surface area contributed by atoms with Gasteiger partial charge in [-0.05, 0) is 67.1 Å². The average molecular weight is 507 g/mol. The zero-order chi connectivity index (χ0) is 26.1. The molecule has 0 N–H and O–H groups in total. The summed E-state index contributed by atoms with van der Waals surface area (Å²) in [5, 5.41) is 21.6. The van der Waals surface area contributed by atoms with Crippen molar-refractivity contribution in [2.24, 2.45) is 0 Å². The van der Waals surface area contributed by atoms with Crippen LogP contribution in [0.25, 0.3) is 17.4 Å². The van der Waals surface area contributed by atoms with Crippen molar-refractivity contribution < 1.29 is 28.6 Å². The van der Waals surface area contributed by atoms with Crippen LogP contribution in [0.15, 0.2) is 57.9 Å². The van der Waals surface area contributed by atoms with Crippen molar-refractivity contribution in [1.82, 2.24) is 4.90 Å². The molecule has 0 saturated carbocycles. The Hall–Kier alpha value is -4.58. The van der Waals surface area contributed by atoms with Gasteiger partial charge in [0.05, 0.1) is 26.9 Å². The number of furan rings is 1. The van der Waals surface area contributed by atoms with Gasteiger partial charge in [-0.2, -0.15) is 0 Å². The number of carbonyl (C=O) groups excluding carboxylic acids is 3. The Morgan fingerprint density at radius 1 is 1.00 bits per heavy atom. The van der Waals surface area contributed by atoms with Crippen molar-refractivity contribution in [3.8, 4) is 11.3 Å².